The second-order valence-electron chi connectivity index (χ2n) is 5.81. The number of sulfone groups is 1. The molecular weight excluding hydrogens is 248 g/mol. The van der Waals surface area contributed by atoms with E-state index in [-0.39, 0.29) is 6.04 Å². The molecule has 0 spiro atoms. The van der Waals surface area contributed by atoms with E-state index in [9.17, 15) is 8.42 Å². The highest BCUT2D eigenvalue weighted by Crippen LogP contribution is 2.15. The van der Waals surface area contributed by atoms with Gasteiger partial charge in [0.05, 0.1) is 11.5 Å². The van der Waals surface area contributed by atoms with Gasteiger partial charge >= 0.3 is 0 Å². The summed E-state index contributed by atoms with van der Waals surface area (Å²) in [5.41, 5.74) is 0. The normalized spacial score (nSPS) is 34.7. The molecule has 5 heteroatoms. The predicted octanol–water partition coefficient (Wildman–Crippen LogP) is 1.03. The van der Waals surface area contributed by atoms with Gasteiger partial charge in [0.25, 0.3) is 0 Å². The molecular formula is C13H26N2O2S. The molecule has 2 heterocycles. The van der Waals surface area contributed by atoms with E-state index in [0.29, 0.717) is 24.1 Å². The molecule has 0 aromatic carbocycles. The van der Waals surface area contributed by atoms with E-state index in [1.807, 2.05) is 6.92 Å². The SMILES string of the molecule is CC1CS(=O)(=O)CCN1CC1CCCCCCN1. The van der Waals surface area contributed by atoms with Crippen molar-refractivity contribution in [1.29, 1.82) is 0 Å². The summed E-state index contributed by atoms with van der Waals surface area (Å²) in [5.74, 6) is 0.670. The van der Waals surface area contributed by atoms with Gasteiger partial charge in [0, 0.05) is 25.2 Å². The molecule has 2 aliphatic rings. The standard InChI is InChI=1S/C13H26N2O2S/c1-12-11-18(16,17)9-8-15(12)10-13-6-4-2-3-5-7-14-13/h12-14H,2-11H2,1H3. The summed E-state index contributed by atoms with van der Waals surface area (Å²) < 4.78 is 23.1. The van der Waals surface area contributed by atoms with Crippen LogP contribution in [0, 0.1) is 0 Å². The first kappa shape index (κ1) is 14.3. The molecule has 2 aliphatic heterocycles. The second kappa shape index (κ2) is 6.35. The van der Waals surface area contributed by atoms with Crippen LogP contribution in [0.5, 0.6) is 0 Å². The Balaban J connectivity index is 1.84. The Morgan fingerprint density at radius 3 is 2.78 bits per heavy atom. The zero-order chi connectivity index (χ0) is 13.0. The van der Waals surface area contributed by atoms with Crippen LogP contribution >= 0.6 is 0 Å². The van der Waals surface area contributed by atoms with Gasteiger partial charge < -0.3 is 5.32 Å². The van der Waals surface area contributed by atoms with Crippen LogP contribution in [0.25, 0.3) is 0 Å². The third-order valence-corrected chi connectivity index (χ3v) is 5.97. The molecule has 0 aliphatic carbocycles. The van der Waals surface area contributed by atoms with Crippen molar-refractivity contribution >= 4 is 9.84 Å². The maximum absolute atomic E-state index is 11.6. The summed E-state index contributed by atoms with van der Waals surface area (Å²) in [4.78, 5) is 2.35. The summed E-state index contributed by atoms with van der Waals surface area (Å²) >= 11 is 0. The molecule has 0 amide bonds. The summed E-state index contributed by atoms with van der Waals surface area (Å²) in [6, 6.07) is 0.726. The molecule has 4 nitrogen and oxygen atoms in total. The van der Waals surface area contributed by atoms with Crippen LogP contribution in [0.1, 0.15) is 39.0 Å². The minimum Gasteiger partial charge on any atom is -0.313 e. The molecule has 2 unspecified atom stereocenters. The van der Waals surface area contributed by atoms with Crippen LogP contribution in [0.2, 0.25) is 0 Å². The van der Waals surface area contributed by atoms with E-state index >= 15 is 0 Å². The van der Waals surface area contributed by atoms with Crippen molar-refractivity contribution in [1.82, 2.24) is 10.2 Å². The Morgan fingerprint density at radius 1 is 1.22 bits per heavy atom. The first-order valence-electron chi connectivity index (χ1n) is 7.25. The summed E-state index contributed by atoms with van der Waals surface area (Å²) in [6.07, 6.45) is 6.51. The quantitative estimate of drug-likeness (QED) is 0.817. The van der Waals surface area contributed by atoms with Gasteiger partial charge in [0.15, 0.2) is 9.84 Å². The van der Waals surface area contributed by atoms with E-state index in [0.717, 1.165) is 13.1 Å². The first-order chi connectivity index (χ1) is 8.57. The van der Waals surface area contributed by atoms with Gasteiger partial charge in [-0.25, -0.2) is 8.42 Å². The van der Waals surface area contributed by atoms with Crippen LogP contribution in [-0.2, 0) is 9.84 Å². The van der Waals surface area contributed by atoms with Crippen LogP contribution < -0.4 is 5.32 Å². The van der Waals surface area contributed by atoms with E-state index in [4.69, 9.17) is 0 Å². The number of hydrogen-bond acceptors (Lipinski definition) is 4. The maximum Gasteiger partial charge on any atom is 0.153 e. The van der Waals surface area contributed by atoms with Crippen LogP contribution in [0.4, 0.5) is 0 Å². The third kappa shape index (κ3) is 4.21. The number of nitrogens with zero attached hydrogens (tertiary/aromatic N) is 1. The summed E-state index contributed by atoms with van der Waals surface area (Å²) in [6.45, 7) is 4.88. The largest absolute Gasteiger partial charge is 0.313 e. The molecule has 2 atom stereocenters. The van der Waals surface area contributed by atoms with E-state index < -0.39 is 9.84 Å². The zero-order valence-corrected chi connectivity index (χ0v) is 12.2. The Morgan fingerprint density at radius 2 is 2.00 bits per heavy atom. The lowest BCUT2D eigenvalue weighted by atomic mass is 10.0. The highest BCUT2D eigenvalue weighted by molar-refractivity contribution is 7.91. The van der Waals surface area contributed by atoms with Gasteiger partial charge in [0.2, 0.25) is 0 Å². The van der Waals surface area contributed by atoms with Crippen LogP contribution in [-0.4, -0.2) is 56.5 Å². The number of rotatable bonds is 2. The van der Waals surface area contributed by atoms with Crippen LogP contribution in [0.3, 0.4) is 0 Å². The van der Waals surface area contributed by atoms with Gasteiger partial charge in [-0.3, -0.25) is 4.90 Å². The molecule has 2 rings (SSSR count). The van der Waals surface area contributed by atoms with Gasteiger partial charge in [-0.1, -0.05) is 19.3 Å². The van der Waals surface area contributed by atoms with Crippen molar-refractivity contribution in [3.05, 3.63) is 0 Å². The van der Waals surface area contributed by atoms with Crippen molar-refractivity contribution in [2.45, 2.75) is 51.1 Å². The average Bonchev–Trinajstić information content (AvgIpc) is 2.24. The van der Waals surface area contributed by atoms with Crippen molar-refractivity contribution in [3.63, 3.8) is 0 Å². The monoisotopic (exact) mass is 274 g/mol. The fourth-order valence-electron chi connectivity index (χ4n) is 3.02. The molecule has 1 N–H and O–H groups in total. The van der Waals surface area contributed by atoms with Crippen LogP contribution in [0.15, 0.2) is 0 Å². The lowest BCUT2D eigenvalue weighted by Crippen LogP contribution is -2.52. The summed E-state index contributed by atoms with van der Waals surface area (Å²) in [5, 5.41) is 3.62. The average molecular weight is 274 g/mol. The van der Waals surface area contributed by atoms with E-state index in [2.05, 4.69) is 10.2 Å². The number of nitrogens with one attached hydrogen (secondary N) is 1. The first-order valence-corrected chi connectivity index (χ1v) is 9.07. The molecule has 0 aromatic heterocycles. The molecule has 0 bridgehead atoms. The molecule has 0 aromatic rings. The van der Waals surface area contributed by atoms with Gasteiger partial charge in [-0.15, -0.1) is 0 Å². The maximum atomic E-state index is 11.6. The molecule has 2 fully saturated rings. The highest BCUT2D eigenvalue weighted by Gasteiger charge is 2.29. The molecule has 0 saturated carbocycles. The Hall–Kier alpha value is -0.130. The van der Waals surface area contributed by atoms with Gasteiger partial charge in [-0.2, -0.15) is 0 Å². The van der Waals surface area contributed by atoms with Crippen molar-refractivity contribution in [2.24, 2.45) is 0 Å². The fourth-order valence-corrected chi connectivity index (χ4v) is 4.65. The minimum absolute atomic E-state index is 0.177. The van der Waals surface area contributed by atoms with Gasteiger partial charge in [-0.05, 0) is 26.3 Å². The zero-order valence-electron chi connectivity index (χ0n) is 11.4. The second-order valence-corrected chi connectivity index (χ2v) is 8.04. The van der Waals surface area contributed by atoms with E-state index in [1.165, 1.54) is 32.1 Å². The lowest BCUT2D eigenvalue weighted by Gasteiger charge is -2.36. The lowest BCUT2D eigenvalue weighted by molar-refractivity contribution is 0.193. The van der Waals surface area contributed by atoms with Crippen molar-refractivity contribution in [2.75, 3.05) is 31.1 Å². The smallest absolute Gasteiger partial charge is 0.153 e. The Labute approximate surface area is 111 Å². The Bertz CT molecular complexity index is 348. The van der Waals surface area contributed by atoms with Crippen molar-refractivity contribution < 1.29 is 8.42 Å². The van der Waals surface area contributed by atoms with Gasteiger partial charge in [0.1, 0.15) is 0 Å². The molecule has 0 radical (unpaired) electrons. The Kier molecular flexibility index (Phi) is 5.04. The highest BCUT2D eigenvalue weighted by atomic mass is 32.2. The van der Waals surface area contributed by atoms with E-state index in [1.54, 1.807) is 0 Å². The minimum atomic E-state index is -2.78. The molecule has 18 heavy (non-hydrogen) atoms. The topological polar surface area (TPSA) is 49.4 Å². The molecule has 2 saturated heterocycles. The third-order valence-electron chi connectivity index (χ3n) is 4.18. The molecule has 106 valence electrons. The van der Waals surface area contributed by atoms with Crippen molar-refractivity contribution in [3.8, 4) is 0 Å². The summed E-state index contributed by atoms with van der Waals surface area (Å²) in [7, 11) is -2.78. The fraction of sp³-hybridized carbons (Fsp3) is 1.00. The number of hydrogen-bond donors (Lipinski definition) is 1. The predicted molar refractivity (Wildman–Crippen MR) is 74.6 cm³/mol.